The summed E-state index contributed by atoms with van der Waals surface area (Å²) in [7, 11) is 0. The summed E-state index contributed by atoms with van der Waals surface area (Å²) < 4.78 is 5.49. The monoisotopic (exact) mass is 299 g/mol. The largest absolute Gasteiger partial charge is 0.376 e. The van der Waals surface area contributed by atoms with Crippen LogP contribution in [0.4, 0.5) is 0 Å². The van der Waals surface area contributed by atoms with E-state index in [4.69, 9.17) is 4.74 Å². The molecule has 2 aliphatic rings. The van der Waals surface area contributed by atoms with Crippen molar-refractivity contribution in [2.45, 2.75) is 37.7 Å². The second-order valence-corrected chi connectivity index (χ2v) is 6.08. The van der Waals surface area contributed by atoms with Crippen molar-refractivity contribution in [3.8, 4) is 0 Å². The Kier molecular flexibility index (Phi) is 4.78. The van der Waals surface area contributed by atoms with Crippen LogP contribution in [0.3, 0.4) is 0 Å². The number of carbonyl (C=O) groups excluding carboxylic acids is 2. The Labute approximate surface area is 130 Å². The quantitative estimate of drug-likeness (QED) is 0.634. The molecule has 0 N–H and O–H groups in total. The van der Waals surface area contributed by atoms with Crippen LogP contribution in [-0.2, 0) is 14.3 Å². The van der Waals surface area contributed by atoms with Crippen molar-refractivity contribution in [2.24, 2.45) is 10.9 Å². The summed E-state index contributed by atoms with van der Waals surface area (Å²) in [6.07, 6.45) is 4.63. The summed E-state index contributed by atoms with van der Waals surface area (Å²) >= 11 is 0. The molecule has 0 unspecified atom stereocenters. The maximum absolute atomic E-state index is 12.3. The maximum Gasteiger partial charge on any atom is 0.149 e. The van der Waals surface area contributed by atoms with E-state index < -0.39 is 5.92 Å². The van der Waals surface area contributed by atoms with Gasteiger partial charge < -0.3 is 4.74 Å². The first-order chi connectivity index (χ1) is 10.7. The Morgan fingerprint density at radius 2 is 1.86 bits per heavy atom. The Morgan fingerprint density at radius 1 is 1.14 bits per heavy atom. The van der Waals surface area contributed by atoms with Crippen molar-refractivity contribution < 1.29 is 14.3 Å². The molecule has 4 nitrogen and oxygen atoms in total. The Morgan fingerprint density at radius 3 is 2.50 bits per heavy atom. The van der Waals surface area contributed by atoms with Crippen LogP contribution in [0.5, 0.6) is 0 Å². The Bertz CT molecular complexity index is 543. The summed E-state index contributed by atoms with van der Waals surface area (Å²) in [5, 5.41) is 0. The number of ether oxygens (including phenoxy) is 1. The van der Waals surface area contributed by atoms with Crippen LogP contribution in [0.2, 0.25) is 0 Å². The summed E-state index contributed by atoms with van der Waals surface area (Å²) in [4.78, 5) is 28.8. The summed E-state index contributed by atoms with van der Waals surface area (Å²) in [6.45, 7) is 1.35. The highest BCUT2D eigenvalue weighted by Crippen LogP contribution is 2.31. The number of Topliss-reactive ketones (excluding diaryl/α,β-unsaturated/α-hetero) is 2. The standard InChI is InChI=1S/C18H21NO3/c20-17-9-14(13-5-2-1-3-6-13)10-18(21)16(17)12-19-11-15-7-4-8-22-15/h1-3,5-6,12,14-16H,4,7-11H2/t14?,15-,16?/m0/s1. The molecule has 1 saturated carbocycles. The number of rotatable bonds is 4. The first kappa shape index (κ1) is 15.1. The molecule has 0 bridgehead atoms. The molecular weight excluding hydrogens is 278 g/mol. The zero-order chi connectivity index (χ0) is 15.4. The van der Waals surface area contributed by atoms with E-state index in [1.165, 1.54) is 0 Å². The van der Waals surface area contributed by atoms with Gasteiger partial charge in [-0.1, -0.05) is 30.3 Å². The van der Waals surface area contributed by atoms with E-state index in [2.05, 4.69) is 4.99 Å². The zero-order valence-electron chi connectivity index (χ0n) is 12.6. The predicted molar refractivity (Wildman–Crippen MR) is 84.3 cm³/mol. The average molecular weight is 299 g/mol. The highest BCUT2D eigenvalue weighted by atomic mass is 16.5. The van der Waals surface area contributed by atoms with Crippen LogP contribution in [0.25, 0.3) is 0 Å². The number of nitrogens with zero attached hydrogens (tertiary/aromatic N) is 1. The highest BCUT2D eigenvalue weighted by molar-refractivity contribution is 6.16. The van der Waals surface area contributed by atoms with Crippen molar-refractivity contribution in [3.63, 3.8) is 0 Å². The fourth-order valence-electron chi connectivity index (χ4n) is 3.19. The van der Waals surface area contributed by atoms with Gasteiger partial charge in [0.1, 0.15) is 17.5 Å². The van der Waals surface area contributed by atoms with Gasteiger partial charge >= 0.3 is 0 Å². The molecule has 0 amide bonds. The van der Waals surface area contributed by atoms with E-state index in [0.29, 0.717) is 19.4 Å². The van der Waals surface area contributed by atoms with E-state index >= 15 is 0 Å². The van der Waals surface area contributed by atoms with Crippen LogP contribution in [-0.4, -0.2) is 37.0 Å². The fourth-order valence-corrected chi connectivity index (χ4v) is 3.19. The minimum absolute atomic E-state index is 0.0128. The molecule has 1 atom stereocenters. The van der Waals surface area contributed by atoms with Gasteiger partial charge in [-0.3, -0.25) is 14.6 Å². The summed E-state index contributed by atoms with van der Waals surface area (Å²) in [6, 6.07) is 9.80. The minimum Gasteiger partial charge on any atom is -0.376 e. The topological polar surface area (TPSA) is 55.7 Å². The smallest absolute Gasteiger partial charge is 0.149 e. The number of hydrogen-bond donors (Lipinski definition) is 0. The predicted octanol–water partition coefficient (Wildman–Crippen LogP) is 2.57. The second kappa shape index (κ2) is 6.97. The van der Waals surface area contributed by atoms with Gasteiger partial charge in [0.05, 0.1) is 12.6 Å². The van der Waals surface area contributed by atoms with E-state index in [0.717, 1.165) is 25.0 Å². The molecule has 116 valence electrons. The van der Waals surface area contributed by atoms with Crippen molar-refractivity contribution in [1.82, 2.24) is 0 Å². The summed E-state index contributed by atoms with van der Waals surface area (Å²) in [5.41, 5.74) is 1.07. The third kappa shape index (κ3) is 3.50. The van der Waals surface area contributed by atoms with Gasteiger partial charge in [0.2, 0.25) is 0 Å². The molecule has 4 heteroatoms. The van der Waals surface area contributed by atoms with Gasteiger partial charge in [0.15, 0.2) is 0 Å². The van der Waals surface area contributed by atoms with Crippen molar-refractivity contribution in [1.29, 1.82) is 0 Å². The van der Waals surface area contributed by atoms with Crippen molar-refractivity contribution >= 4 is 17.8 Å². The molecule has 1 aromatic carbocycles. The van der Waals surface area contributed by atoms with Crippen molar-refractivity contribution in [3.05, 3.63) is 35.9 Å². The first-order valence-electron chi connectivity index (χ1n) is 7.96. The minimum atomic E-state index is -0.652. The molecular formula is C18H21NO3. The average Bonchev–Trinajstić information content (AvgIpc) is 3.04. The number of carbonyl (C=O) groups is 2. The fraction of sp³-hybridized carbons (Fsp3) is 0.500. The lowest BCUT2D eigenvalue weighted by molar-refractivity contribution is -0.133. The molecule has 22 heavy (non-hydrogen) atoms. The lowest BCUT2D eigenvalue weighted by atomic mass is 9.77. The first-order valence-corrected chi connectivity index (χ1v) is 7.96. The van der Waals surface area contributed by atoms with Crippen LogP contribution >= 0.6 is 0 Å². The van der Waals surface area contributed by atoms with E-state index in [1.54, 1.807) is 6.21 Å². The normalized spacial score (nSPS) is 29.4. The Balaban J connectivity index is 1.60. The third-order valence-electron chi connectivity index (χ3n) is 4.45. The molecule has 0 aromatic heterocycles. The molecule has 0 spiro atoms. The van der Waals surface area contributed by atoms with Gasteiger partial charge in [0.25, 0.3) is 0 Å². The summed E-state index contributed by atoms with van der Waals surface area (Å²) in [5.74, 6) is -0.659. The molecule has 0 radical (unpaired) electrons. The Hall–Kier alpha value is -1.81. The lowest BCUT2D eigenvalue weighted by Crippen LogP contribution is -2.33. The molecule has 1 aliphatic carbocycles. The van der Waals surface area contributed by atoms with Gasteiger partial charge in [0, 0.05) is 25.7 Å². The van der Waals surface area contributed by atoms with Crippen LogP contribution in [0, 0.1) is 5.92 Å². The number of benzene rings is 1. The number of aliphatic imine (C=N–C) groups is 1. The van der Waals surface area contributed by atoms with Crippen molar-refractivity contribution in [2.75, 3.05) is 13.2 Å². The molecule has 1 heterocycles. The zero-order valence-corrected chi connectivity index (χ0v) is 12.6. The third-order valence-corrected chi connectivity index (χ3v) is 4.45. The SMILES string of the molecule is O=C1CC(c2ccccc2)CC(=O)C1C=NC[C@@H]1CCCO1. The number of hydrogen-bond acceptors (Lipinski definition) is 4. The van der Waals surface area contributed by atoms with Crippen LogP contribution in [0.15, 0.2) is 35.3 Å². The second-order valence-electron chi connectivity index (χ2n) is 6.08. The van der Waals surface area contributed by atoms with Crippen LogP contribution < -0.4 is 0 Å². The van der Waals surface area contributed by atoms with Gasteiger partial charge in [-0.25, -0.2) is 0 Å². The van der Waals surface area contributed by atoms with E-state index in [-0.39, 0.29) is 23.6 Å². The van der Waals surface area contributed by atoms with Gasteiger partial charge in [-0.2, -0.15) is 0 Å². The number of ketones is 2. The highest BCUT2D eigenvalue weighted by Gasteiger charge is 2.34. The molecule has 1 aromatic rings. The molecule has 2 fully saturated rings. The van der Waals surface area contributed by atoms with E-state index in [9.17, 15) is 9.59 Å². The van der Waals surface area contributed by atoms with E-state index in [1.807, 2.05) is 30.3 Å². The molecule has 3 rings (SSSR count). The maximum atomic E-state index is 12.3. The molecule has 1 saturated heterocycles. The van der Waals surface area contributed by atoms with Gasteiger partial charge in [-0.05, 0) is 24.3 Å². The lowest BCUT2D eigenvalue weighted by Gasteiger charge is -2.24. The van der Waals surface area contributed by atoms with Gasteiger partial charge in [-0.15, -0.1) is 0 Å². The van der Waals surface area contributed by atoms with Crippen LogP contribution in [0.1, 0.15) is 37.2 Å². The molecule has 1 aliphatic heterocycles.